The van der Waals surface area contributed by atoms with E-state index in [9.17, 15) is 4.79 Å². The van der Waals surface area contributed by atoms with E-state index in [1.807, 2.05) is 67.5 Å². The molecule has 2 aromatic rings. The molecule has 0 aromatic heterocycles. The Bertz CT molecular complexity index is 661. The maximum absolute atomic E-state index is 12.3. The summed E-state index contributed by atoms with van der Waals surface area (Å²) in [5.74, 6) is -0.0580. The predicted octanol–water partition coefficient (Wildman–Crippen LogP) is 4.11. The molecule has 23 heavy (non-hydrogen) atoms. The molecule has 0 unspecified atom stereocenters. The molecular weight excluding hydrogens is 308 g/mol. The largest absolute Gasteiger partial charge is 0.378 e. The van der Waals surface area contributed by atoms with Crippen LogP contribution in [0.2, 0.25) is 5.02 Å². The molecule has 0 aliphatic carbocycles. The van der Waals surface area contributed by atoms with Crippen molar-refractivity contribution in [1.29, 1.82) is 0 Å². The molecule has 0 heterocycles. The van der Waals surface area contributed by atoms with Crippen molar-refractivity contribution in [1.82, 2.24) is 5.32 Å². The second kappa shape index (κ2) is 7.05. The molecule has 4 heteroatoms. The summed E-state index contributed by atoms with van der Waals surface area (Å²) in [7, 11) is 3.95. The van der Waals surface area contributed by atoms with Crippen LogP contribution in [0.5, 0.6) is 0 Å². The van der Waals surface area contributed by atoms with Gasteiger partial charge in [-0.05, 0) is 42.0 Å². The van der Waals surface area contributed by atoms with Crippen LogP contribution >= 0.6 is 11.6 Å². The number of carbonyl (C=O) groups excluding carboxylic acids is 1. The zero-order valence-electron chi connectivity index (χ0n) is 14.1. The van der Waals surface area contributed by atoms with Gasteiger partial charge in [0.2, 0.25) is 0 Å². The summed E-state index contributed by atoms with van der Waals surface area (Å²) < 4.78 is 0. The van der Waals surface area contributed by atoms with Gasteiger partial charge in [-0.3, -0.25) is 4.79 Å². The highest BCUT2D eigenvalue weighted by atomic mass is 35.5. The number of carbonyl (C=O) groups is 1. The highest BCUT2D eigenvalue weighted by Gasteiger charge is 2.21. The molecule has 0 radical (unpaired) electrons. The van der Waals surface area contributed by atoms with Gasteiger partial charge in [0, 0.05) is 42.3 Å². The molecule has 0 saturated carbocycles. The monoisotopic (exact) mass is 330 g/mol. The van der Waals surface area contributed by atoms with E-state index in [-0.39, 0.29) is 11.3 Å². The minimum absolute atomic E-state index is 0.0580. The smallest absolute Gasteiger partial charge is 0.251 e. The van der Waals surface area contributed by atoms with Crippen LogP contribution in [0.4, 0.5) is 5.69 Å². The average molecular weight is 331 g/mol. The Labute approximate surface area is 143 Å². The Morgan fingerprint density at radius 2 is 1.61 bits per heavy atom. The number of anilines is 1. The standard InChI is InChI=1S/C19H23ClN2O/c1-19(2,15-7-9-16(20)10-8-15)13-21-18(23)14-5-11-17(12-6-14)22(3)4/h5-12H,13H2,1-4H3,(H,21,23). The second-order valence-electron chi connectivity index (χ2n) is 6.51. The van der Waals surface area contributed by atoms with Crippen LogP contribution < -0.4 is 10.2 Å². The lowest BCUT2D eigenvalue weighted by molar-refractivity contribution is 0.0945. The maximum atomic E-state index is 12.3. The SMILES string of the molecule is CN(C)c1ccc(C(=O)NCC(C)(C)c2ccc(Cl)cc2)cc1. The molecule has 2 rings (SSSR count). The van der Waals surface area contributed by atoms with Gasteiger partial charge in [-0.2, -0.15) is 0 Å². The van der Waals surface area contributed by atoms with Crippen molar-refractivity contribution in [2.45, 2.75) is 19.3 Å². The highest BCUT2D eigenvalue weighted by molar-refractivity contribution is 6.30. The van der Waals surface area contributed by atoms with Gasteiger partial charge in [0.1, 0.15) is 0 Å². The molecule has 1 amide bonds. The normalized spacial score (nSPS) is 11.2. The fourth-order valence-corrected chi connectivity index (χ4v) is 2.44. The van der Waals surface area contributed by atoms with Crippen LogP contribution in [-0.2, 0) is 5.41 Å². The number of halogens is 1. The topological polar surface area (TPSA) is 32.3 Å². The van der Waals surface area contributed by atoms with Crippen molar-refractivity contribution in [2.24, 2.45) is 0 Å². The van der Waals surface area contributed by atoms with Gasteiger partial charge in [0.25, 0.3) is 5.91 Å². The first-order chi connectivity index (χ1) is 10.8. The van der Waals surface area contributed by atoms with Gasteiger partial charge in [0.15, 0.2) is 0 Å². The summed E-state index contributed by atoms with van der Waals surface area (Å²) in [6.07, 6.45) is 0. The molecule has 3 nitrogen and oxygen atoms in total. The van der Waals surface area contributed by atoms with Crippen molar-refractivity contribution >= 4 is 23.2 Å². The summed E-state index contributed by atoms with van der Waals surface area (Å²) in [6, 6.07) is 15.3. The number of hydrogen-bond donors (Lipinski definition) is 1. The molecule has 0 saturated heterocycles. The van der Waals surface area contributed by atoms with E-state index in [0.29, 0.717) is 12.1 Å². The van der Waals surface area contributed by atoms with Crippen molar-refractivity contribution in [3.05, 3.63) is 64.7 Å². The molecular formula is C19H23ClN2O. The number of hydrogen-bond acceptors (Lipinski definition) is 2. The van der Waals surface area contributed by atoms with Crippen LogP contribution in [-0.4, -0.2) is 26.5 Å². The molecule has 0 fully saturated rings. The third-order valence-corrected chi connectivity index (χ3v) is 4.21. The number of nitrogens with zero attached hydrogens (tertiary/aromatic N) is 1. The summed E-state index contributed by atoms with van der Waals surface area (Å²) in [5, 5.41) is 3.73. The molecule has 0 bridgehead atoms. The summed E-state index contributed by atoms with van der Waals surface area (Å²) in [5.41, 5.74) is 2.72. The van der Waals surface area contributed by atoms with Crippen LogP contribution in [0.15, 0.2) is 48.5 Å². The third kappa shape index (κ3) is 4.49. The first-order valence-electron chi connectivity index (χ1n) is 7.61. The molecule has 2 aromatic carbocycles. The van der Waals surface area contributed by atoms with Crippen LogP contribution in [0.1, 0.15) is 29.8 Å². The zero-order chi connectivity index (χ0) is 17.0. The van der Waals surface area contributed by atoms with E-state index >= 15 is 0 Å². The van der Waals surface area contributed by atoms with Gasteiger partial charge in [-0.25, -0.2) is 0 Å². The summed E-state index contributed by atoms with van der Waals surface area (Å²) in [4.78, 5) is 14.3. The highest BCUT2D eigenvalue weighted by Crippen LogP contribution is 2.24. The van der Waals surface area contributed by atoms with Crippen LogP contribution in [0.25, 0.3) is 0 Å². The lowest BCUT2D eigenvalue weighted by atomic mass is 9.84. The summed E-state index contributed by atoms with van der Waals surface area (Å²) >= 11 is 5.93. The van der Waals surface area contributed by atoms with Crippen molar-refractivity contribution in [3.63, 3.8) is 0 Å². The van der Waals surface area contributed by atoms with Crippen molar-refractivity contribution in [2.75, 3.05) is 25.5 Å². The molecule has 0 atom stereocenters. The Morgan fingerprint density at radius 1 is 1.04 bits per heavy atom. The number of benzene rings is 2. The molecule has 122 valence electrons. The van der Waals surface area contributed by atoms with Gasteiger partial charge in [0.05, 0.1) is 0 Å². The Balaban J connectivity index is 2.01. The number of amides is 1. The molecule has 0 aliphatic rings. The minimum Gasteiger partial charge on any atom is -0.378 e. The Morgan fingerprint density at radius 3 is 2.13 bits per heavy atom. The fraction of sp³-hybridized carbons (Fsp3) is 0.316. The quantitative estimate of drug-likeness (QED) is 0.894. The van der Waals surface area contributed by atoms with E-state index < -0.39 is 0 Å². The van der Waals surface area contributed by atoms with E-state index in [4.69, 9.17) is 11.6 Å². The Hall–Kier alpha value is -2.00. The predicted molar refractivity (Wildman–Crippen MR) is 97.6 cm³/mol. The number of nitrogens with one attached hydrogen (secondary N) is 1. The van der Waals surface area contributed by atoms with Gasteiger partial charge < -0.3 is 10.2 Å². The van der Waals surface area contributed by atoms with Gasteiger partial charge in [-0.1, -0.05) is 37.6 Å². The van der Waals surface area contributed by atoms with Crippen LogP contribution in [0.3, 0.4) is 0 Å². The number of rotatable bonds is 5. The average Bonchev–Trinajstić information content (AvgIpc) is 2.53. The fourth-order valence-electron chi connectivity index (χ4n) is 2.32. The van der Waals surface area contributed by atoms with E-state index in [0.717, 1.165) is 16.3 Å². The van der Waals surface area contributed by atoms with Gasteiger partial charge in [-0.15, -0.1) is 0 Å². The lowest BCUT2D eigenvalue weighted by Gasteiger charge is -2.25. The van der Waals surface area contributed by atoms with Crippen molar-refractivity contribution < 1.29 is 4.79 Å². The molecule has 0 spiro atoms. The molecule has 1 N–H and O–H groups in total. The second-order valence-corrected chi connectivity index (χ2v) is 6.95. The maximum Gasteiger partial charge on any atom is 0.251 e. The lowest BCUT2D eigenvalue weighted by Crippen LogP contribution is -2.36. The molecule has 0 aliphatic heterocycles. The first-order valence-corrected chi connectivity index (χ1v) is 7.99. The first kappa shape index (κ1) is 17.4. The van der Waals surface area contributed by atoms with Gasteiger partial charge >= 0.3 is 0 Å². The van der Waals surface area contributed by atoms with E-state index in [1.54, 1.807) is 0 Å². The van der Waals surface area contributed by atoms with Crippen molar-refractivity contribution in [3.8, 4) is 0 Å². The van der Waals surface area contributed by atoms with E-state index in [2.05, 4.69) is 19.2 Å². The van der Waals surface area contributed by atoms with Crippen LogP contribution in [0, 0.1) is 0 Å². The Kier molecular flexibility index (Phi) is 5.32. The van der Waals surface area contributed by atoms with E-state index in [1.165, 1.54) is 0 Å². The summed E-state index contributed by atoms with van der Waals surface area (Å²) in [6.45, 7) is 4.76. The minimum atomic E-state index is -0.163. The third-order valence-electron chi connectivity index (χ3n) is 3.96. The zero-order valence-corrected chi connectivity index (χ0v) is 14.8.